The van der Waals surface area contributed by atoms with Crippen molar-refractivity contribution in [3.63, 3.8) is 0 Å². The van der Waals surface area contributed by atoms with Crippen LogP contribution in [-0.4, -0.2) is 70.5 Å². The molecule has 3 atom stereocenters. The van der Waals surface area contributed by atoms with Crippen LogP contribution in [0.1, 0.15) is 19.8 Å². The largest absolute Gasteiger partial charge is 0.481 e. The molecule has 0 radical (unpaired) electrons. The number of primary amides is 1. The van der Waals surface area contributed by atoms with E-state index in [0.29, 0.717) is 0 Å². The van der Waals surface area contributed by atoms with Crippen molar-refractivity contribution in [1.29, 1.82) is 0 Å². The summed E-state index contributed by atoms with van der Waals surface area (Å²) < 4.78 is 0. The molecule has 0 aromatic rings. The van der Waals surface area contributed by atoms with Crippen LogP contribution in [0.3, 0.4) is 0 Å². The van der Waals surface area contributed by atoms with Crippen LogP contribution in [0.4, 0.5) is 0 Å². The highest BCUT2D eigenvalue weighted by molar-refractivity contribution is 5.95. The summed E-state index contributed by atoms with van der Waals surface area (Å²) in [5.74, 6) is -6.56. The molecular formula is C13H21N5O8. The van der Waals surface area contributed by atoms with E-state index >= 15 is 0 Å². The van der Waals surface area contributed by atoms with Crippen molar-refractivity contribution in [3.05, 3.63) is 0 Å². The van der Waals surface area contributed by atoms with Crippen LogP contribution >= 0.6 is 0 Å². The minimum Gasteiger partial charge on any atom is -0.481 e. The molecule has 0 heterocycles. The van der Waals surface area contributed by atoms with E-state index in [1.54, 1.807) is 0 Å². The molecule has 13 heteroatoms. The summed E-state index contributed by atoms with van der Waals surface area (Å²) in [6.07, 6.45) is -1.42. The van der Waals surface area contributed by atoms with Crippen LogP contribution in [-0.2, 0) is 28.8 Å². The van der Waals surface area contributed by atoms with E-state index in [-0.39, 0.29) is 0 Å². The second-order valence-corrected chi connectivity index (χ2v) is 5.22. The van der Waals surface area contributed by atoms with Crippen molar-refractivity contribution in [1.82, 2.24) is 16.0 Å². The molecule has 26 heavy (non-hydrogen) atoms. The molecule has 0 saturated carbocycles. The predicted octanol–water partition coefficient (Wildman–Crippen LogP) is -4.15. The standard InChI is InChI=1S/C13H21N5O8/c1-5(11(23)18-7(13(25)26)3-10(21)22)16-12(24)6(2-8(15)19)17-9(20)4-14/h5-7H,2-4,14H2,1H3,(H2,15,19)(H,16,24)(H,17,20)(H,18,23)(H,21,22)(H,25,26). The van der Waals surface area contributed by atoms with Crippen molar-refractivity contribution >= 4 is 35.6 Å². The minimum absolute atomic E-state index is 0.450. The Kier molecular flexibility index (Phi) is 9.29. The van der Waals surface area contributed by atoms with Gasteiger partial charge in [0.25, 0.3) is 0 Å². The number of aliphatic carboxylic acids is 2. The fourth-order valence-electron chi connectivity index (χ4n) is 1.71. The van der Waals surface area contributed by atoms with Gasteiger partial charge in [0.2, 0.25) is 23.6 Å². The van der Waals surface area contributed by atoms with Gasteiger partial charge in [0.15, 0.2) is 0 Å². The maximum Gasteiger partial charge on any atom is 0.326 e. The van der Waals surface area contributed by atoms with Gasteiger partial charge in [0.1, 0.15) is 18.1 Å². The lowest BCUT2D eigenvalue weighted by molar-refractivity contribution is -0.147. The molecular weight excluding hydrogens is 354 g/mol. The Balaban J connectivity index is 4.93. The van der Waals surface area contributed by atoms with Crippen LogP contribution in [0.2, 0.25) is 0 Å². The van der Waals surface area contributed by atoms with Crippen molar-refractivity contribution in [2.75, 3.05) is 6.54 Å². The summed E-state index contributed by atoms with van der Waals surface area (Å²) >= 11 is 0. The molecule has 146 valence electrons. The topological polar surface area (TPSA) is 231 Å². The Bertz CT molecular complexity index is 593. The molecule has 4 amide bonds. The lowest BCUT2D eigenvalue weighted by Gasteiger charge is -2.21. The number of carboxylic acid groups (broad SMARTS) is 2. The highest BCUT2D eigenvalue weighted by atomic mass is 16.4. The molecule has 0 rings (SSSR count). The number of nitrogens with two attached hydrogens (primary N) is 2. The first-order valence-electron chi connectivity index (χ1n) is 7.31. The van der Waals surface area contributed by atoms with Gasteiger partial charge in [-0.2, -0.15) is 0 Å². The van der Waals surface area contributed by atoms with E-state index in [1.807, 2.05) is 5.32 Å². The van der Waals surface area contributed by atoms with Crippen LogP contribution in [0.25, 0.3) is 0 Å². The average Bonchev–Trinajstić information content (AvgIpc) is 2.52. The Hall–Kier alpha value is -3.22. The molecule has 0 aromatic carbocycles. The number of nitrogens with one attached hydrogen (secondary N) is 3. The molecule has 0 aliphatic carbocycles. The van der Waals surface area contributed by atoms with Crippen molar-refractivity contribution in [2.45, 2.75) is 37.9 Å². The van der Waals surface area contributed by atoms with E-state index in [2.05, 4.69) is 10.6 Å². The number of amides is 4. The monoisotopic (exact) mass is 375 g/mol. The number of hydrogen-bond donors (Lipinski definition) is 7. The van der Waals surface area contributed by atoms with Crippen molar-refractivity contribution < 1.29 is 39.0 Å². The zero-order valence-corrected chi connectivity index (χ0v) is 13.9. The van der Waals surface area contributed by atoms with Gasteiger partial charge in [0.05, 0.1) is 19.4 Å². The normalized spacial score (nSPS) is 13.6. The summed E-state index contributed by atoms with van der Waals surface area (Å²) in [5.41, 5.74) is 10.1. The summed E-state index contributed by atoms with van der Waals surface area (Å²) in [5, 5.41) is 23.7. The number of carboxylic acids is 2. The van der Waals surface area contributed by atoms with Gasteiger partial charge in [-0.3, -0.25) is 24.0 Å². The molecule has 3 unspecified atom stereocenters. The Morgan fingerprint density at radius 2 is 1.46 bits per heavy atom. The first-order chi connectivity index (χ1) is 12.0. The van der Waals surface area contributed by atoms with E-state index in [9.17, 15) is 28.8 Å². The molecule has 0 bridgehead atoms. The zero-order chi connectivity index (χ0) is 20.4. The molecule has 0 aliphatic heterocycles. The maximum absolute atomic E-state index is 12.1. The average molecular weight is 375 g/mol. The Labute approximate surface area is 147 Å². The zero-order valence-electron chi connectivity index (χ0n) is 13.9. The third-order valence-electron chi connectivity index (χ3n) is 2.99. The fourth-order valence-corrected chi connectivity index (χ4v) is 1.71. The molecule has 0 aromatic heterocycles. The number of rotatable bonds is 11. The van der Waals surface area contributed by atoms with E-state index in [1.165, 1.54) is 6.92 Å². The molecule has 0 fully saturated rings. The lowest BCUT2D eigenvalue weighted by atomic mass is 10.1. The van der Waals surface area contributed by atoms with Gasteiger partial charge in [-0.15, -0.1) is 0 Å². The van der Waals surface area contributed by atoms with Crippen molar-refractivity contribution in [3.8, 4) is 0 Å². The van der Waals surface area contributed by atoms with E-state index < -0.39 is 73.1 Å². The summed E-state index contributed by atoms with van der Waals surface area (Å²) in [4.78, 5) is 67.8. The van der Waals surface area contributed by atoms with Gasteiger partial charge in [0, 0.05) is 0 Å². The number of hydrogen-bond acceptors (Lipinski definition) is 7. The summed E-state index contributed by atoms with van der Waals surface area (Å²) in [7, 11) is 0. The van der Waals surface area contributed by atoms with Crippen LogP contribution in [0.5, 0.6) is 0 Å². The predicted molar refractivity (Wildman–Crippen MR) is 84.2 cm³/mol. The van der Waals surface area contributed by atoms with Gasteiger partial charge in [-0.05, 0) is 6.92 Å². The number of carbonyl (C=O) groups is 6. The third-order valence-corrected chi connectivity index (χ3v) is 2.99. The Morgan fingerprint density at radius 1 is 0.885 bits per heavy atom. The summed E-state index contributed by atoms with van der Waals surface area (Å²) in [6.45, 7) is 0.743. The highest BCUT2D eigenvalue weighted by Gasteiger charge is 2.28. The van der Waals surface area contributed by atoms with Crippen LogP contribution < -0.4 is 27.4 Å². The first-order valence-corrected chi connectivity index (χ1v) is 7.31. The van der Waals surface area contributed by atoms with Gasteiger partial charge < -0.3 is 37.6 Å². The fraction of sp³-hybridized carbons (Fsp3) is 0.538. The van der Waals surface area contributed by atoms with E-state index in [0.717, 1.165) is 0 Å². The van der Waals surface area contributed by atoms with Gasteiger partial charge >= 0.3 is 11.9 Å². The molecule has 0 aliphatic rings. The SMILES string of the molecule is CC(NC(=O)C(CC(N)=O)NC(=O)CN)C(=O)NC(CC(=O)O)C(=O)O. The van der Waals surface area contributed by atoms with Crippen LogP contribution in [0, 0.1) is 0 Å². The maximum atomic E-state index is 12.1. The smallest absolute Gasteiger partial charge is 0.326 e. The molecule has 0 saturated heterocycles. The van der Waals surface area contributed by atoms with Gasteiger partial charge in [-0.25, -0.2) is 4.79 Å². The first kappa shape index (κ1) is 22.8. The quantitative estimate of drug-likeness (QED) is 0.185. The second kappa shape index (κ2) is 10.6. The number of carbonyl (C=O) groups excluding carboxylic acids is 4. The molecule has 9 N–H and O–H groups in total. The summed E-state index contributed by atoms with van der Waals surface area (Å²) in [6, 6.07) is -4.37. The molecule has 13 nitrogen and oxygen atoms in total. The Morgan fingerprint density at radius 3 is 1.88 bits per heavy atom. The third kappa shape index (κ3) is 8.58. The van der Waals surface area contributed by atoms with Crippen molar-refractivity contribution in [2.24, 2.45) is 11.5 Å². The van der Waals surface area contributed by atoms with E-state index in [4.69, 9.17) is 21.7 Å². The second-order valence-electron chi connectivity index (χ2n) is 5.22. The highest BCUT2D eigenvalue weighted by Crippen LogP contribution is 1.97. The molecule has 0 spiro atoms. The minimum atomic E-state index is -1.70. The lowest BCUT2D eigenvalue weighted by Crippen LogP contribution is -2.56. The van der Waals surface area contributed by atoms with Crippen LogP contribution in [0.15, 0.2) is 0 Å². The van der Waals surface area contributed by atoms with Gasteiger partial charge in [-0.1, -0.05) is 0 Å².